The third-order valence-electron chi connectivity index (χ3n) is 10.1. The molecule has 6 rings (SSSR count). The van der Waals surface area contributed by atoms with Crippen molar-refractivity contribution >= 4 is 17.7 Å². The van der Waals surface area contributed by atoms with Crippen molar-refractivity contribution in [2.75, 3.05) is 32.1 Å². The molecule has 11 nitrogen and oxygen atoms in total. The van der Waals surface area contributed by atoms with E-state index in [0.717, 1.165) is 64.1 Å². The molecule has 3 aliphatic rings. The Balaban J connectivity index is 1.07. The fraction of sp³-hybridized carbons (Fsp3) is 0.538. The van der Waals surface area contributed by atoms with E-state index < -0.39 is 42.5 Å². The predicted molar refractivity (Wildman–Crippen MR) is 192 cm³/mol. The molecule has 2 aliphatic carbocycles. The molecular weight excluding hydrogens is 673 g/mol. The monoisotopic (exact) mass is 722 g/mol. The molecule has 12 heteroatoms. The van der Waals surface area contributed by atoms with E-state index in [0.29, 0.717) is 57.5 Å². The Morgan fingerprint density at radius 2 is 1.78 bits per heavy atom. The smallest absolute Gasteiger partial charge is 0.254 e. The van der Waals surface area contributed by atoms with Crippen LogP contribution in [-0.2, 0) is 26.5 Å². The van der Waals surface area contributed by atoms with Crippen LogP contribution >= 0.6 is 11.8 Å². The van der Waals surface area contributed by atoms with Gasteiger partial charge in [-0.2, -0.15) is 0 Å². The molecule has 3 aromatic rings. The number of pyridine rings is 1. The zero-order valence-electron chi connectivity index (χ0n) is 29.1. The Kier molecular flexibility index (Phi) is 12.7. The molecule has 2 aromatic carbocycles. The van der Waals surface area contributed by atoms with Crippen LogP contribution in [0, 0.1) is 6.92 Å². The number of hydrogen-bond donors (Lipinski definition) is 5. The van der Waals surface area contributed by atoms with Crippen LogP contribution in [0.4, 0.5) is 0 Å². The van der Waals surface area contributed by atoms with Crippen molar-refractivity contribution < 1.29 is 44.5 Å². The molecule has 5 N–H and O–H groups in total. The number of nitrogens with zero attached hydrogens (tertiary/aromatic N) is 2. The van der Waals surface area contributed by atoms with Gasteiger partial charge >= 0.3 is 0 Å². The highest BCUT2D eigenvalue weighted by atomic mass is 32.2. The summed E-state index contributed by atoms with van der Waals surface area (Å²) in [4.78, 5) is 20.5. The fourth-order valence-electron chi connectivity index (χ4n) is 6.60. The molecule has 51 heavy (non-hydrogen) atoms. The third kappa shape index (κ3) is 9.30. The summed E-state index contributed by atoms with van der Waals surface area (Å²) in [6.07, 6.45) is 2.44. The van der Waals surface area contributed by atoms with Gasteiger partial charge in [0.25, 0.3) is 5.91 Å². The van der Waals surface area contributed by atoms with E-state index in [9.17, 15) is 25.2 Å². The average Bonchev–Trinajstić information content (AvgIpc) is 4.12. The number of aromatic nitrogens is 1. The maximum Gasteiger partial charge on any atom is 0.254 e. The number of para-hydroxylation sites is 1. The molecule has 276 valence electrons. The van der Waals surface area contributed by atoms with E-state index in [1.807, 2.05) is 30.6 Å². The van der Waals surface area contributed by atoms with Gasteiger partial charge in [-0.1, -0.05) is 24.3 Å². The maximum absolute atomic E-state index is 13.4. The molecule has 1 saturated heterocycles. The first-order chi connectivity index (χ1) is 24.7. The van der Waals surface area contributed by atoms with Crippen molar-refractivity contribution in [3.05, 3.63) is 77.6 Å². The van der Waals surface area contributed by atoms with Crippen LogP contribution in [0.5, 0.6) is 5.75 Å². The highest BCUT2D eigenvalue weighted by molar-refractivity contribution is 7.99. The van der Waals surface area contributed by atoms with Crippen LogP contribution < -0.4 is 4.74 Å². The highest BCUT2D eigenvalue weighted by Gasteiger charge is 2.48. The molecule has 2 saturated carbocycles. The Hall–Kier alpha value is -3.07. The van der Waals surface area contributed by atoms with Gasteiger partial charge in [0.05, 0.1) is 24.9 Å². The standard InChI is InChI=1S/C39H50N2O9S/c1-25-7-10-29(51-20-4-17-41(27-12-18-48-19-13-27)38(47)37(46)36(45)35(44)33(43)23-42)21-26(25)24-49-39(14-15-39)32-22-40-16-11-30(32)31-5-2-3-6-34(31)50-28-8-9-28/h2-3,5-7,10-11,16,21-22,27-28,33,35-37,42-46H,4,8-9,12-15,17-20,23-24H2,1H3/t33-,35+,36-,37-/m0/s1. The van der Waals surface area contributed by atoms with Crippen molar-refractivity contribution in [3.8, 4) is 16.9 Å². The number of hydrogen-bond acceptors (Lipinski definition) is 11. The van der Waals surface area contributed by atoms with Crippen molar-refractivity contribution in [1.29, 1.82) is 0 Å². The Bertz CT molecular complexity index is 1610. The first-order valence-electron chi connectivity index (χ1n) is 18.0. The lowest BCUT2D eigenvalue weighted by atomic mass is 9.96. The van der Waals surface area contributed by atoms with Crippen molar-refractivity contribution in [2.45, 2.75) is 106 Å². The summed E-state index contributed by atoms with van der Waals surface area (Å²) >= 11 is 1.67. The van der Waals surface area contributed by atoms with E-state index >= 15 is 0 Å². The normalized spacial score (nSPS) is 19.6. The number of rotatable bonds is 18. The van der Waals surface area contributed by atoms with E-state index in [4.69, 9.17) is 19.3 Å². The number of aliphatic hydroxyl groups is 5. The second kappa shape index (κ2) is 17.2. The number of amides is 1. The maximum atomic E-state index is 13.4. The summed E-state index contributed by atoms with van der Waals surface area (Å²) in [5.41, 5.74) is 5.08. The van der Waals surface area contributed by atoms with Crippen LogP contribution in [0.25, 0.3) is 11.1 Å². The third-order valence-corrected chi connectivity index (χ3v) is 11.2. The molecular formula is C39H50N2O9S. The number of ether oxygens (including phenoxy) is 3. The Morgan fingerprint density at radius 1 is 1.02 bits per heavy atom. The van der Waals surface area contributed by atoms with Crippen LogP contribution in [-0.4, -0.2) is 110 Å². The largest absolute Gasteiger partial charge is 0.490 e. The molecule has 1 aliphatic heterocycles. The van der Waals surface area contributed by atoms with Gasteiger partial charge in [0.1, 0.15) is 24.1 Å². The number of thioether (sulfide) groups is 1. The van der Waals surface area contributed by atoms with Gasteiger partial charge in [0.15, 0.2) is 6.10 Å². The minimum absolute atomic E-state index is 0.185. The van der Waals surface area contributed by atoms with Gasteiger partial charge in [0, 0.05) is 54.2 Å². The number of benzene rings is 2. The van der Waals surface area contributed by atoms with Crippen molar-refractivity contribution in [1.82, 2.24) is 9.88 Å². The zero-order valence-corrected chi connectivity index (χ0v) is 29.9. The van der Waals surface area contributed by atoms with Gasteiger partial charge < -0.3 is 44.6 Å². The number of aryl methyl sites for hydroxylation is 1. The quantitative estimate of drug-likeness (QED) is 0.0962. The molecule has 1 aromatic heterocycles. The van der Waals surface area contributed by atoms with E-state index in [-0.39, 0.29) is 6.04 Å². The van der Waals surface area contributed by atoms with E-state index in [1.165, 1.54) is 0 Å². The molecule has 0 bridgehead atoms. The topological polar surface area (TPSA) is 162 Å². The van der Waals surface area contributed by atoms with Crippen molar-refractivity contribution in [3.63, 3.8) is 0 Å². The zero-order chi connectivity index (χ0) is 36.0. The molecule has 0 radical (unpaired) electrons. The number of carbonyl (C=O) groups excluding carboxylic acids is 1. The molecule has 0 unspecified atom stereocenters. The predicted octanol–water partition coefficient (Wildman–Crippen LogP) is 3.73. The first kappa shape index (κ1) is 37.7. The van der Waals surface area contributed by atoms with E-state index in [1.54, 1.807) is 16.7 Å². The van der Waals surface area contributed by atoms with Gasteiger partial charge in [-0.05, 0) is 98.6 Å². The summed E-state index contributed by atoms with van der Waals surface area (Å²) in [5.74, 6) is 0.879. The fourth-order valence-corrected chi connectivity index (χ4v) is 7.50. The first-order valence-corrected chi connectivity index (χ1v) is 19.0. The van der Waals surface area contributed by atoms with Crippen molar-refractivity contribution in [2.24, 2.45) is 0 Å². The van der Waals surface area contributed by atoms with Crippen LogP contribution in [0.15, 0.2) is 65.8 Å². The Labute approximate surface area is 303 Å². The minimum atomic E-state index is -1.94. The van der Waals surface area contributed by atoms with E-state index in [2.05, 4.69) is 42.2 Å². The van der Waals surface area contributed by atoms with Crippen LogP contribution in [0.1, 0.15) is 61.6 Å². The van der Waals surface area contributed by atoms with Gasteiger partial charge in [-0.15, -0.1) is 11.8 Å². The second-order valence-electron chi connectivity index (χ2n) is 13.9. The summed E-state index contributed by atoms with van der Waals surface area (Å²) in [6.45, 7) is 3.02. The van der Waals surface area contributed by atoms with Gasteiger partial charge in [0.2, 0.25) is 0 Å². The van der Waals surface area contributed by atoms with Gasteiger partial charge in [-0.25, -0.2) is 0 Å². The van der Waals surface area contributed by atoms with Gasteiger partial charge in [-0.3, -0.25) is 9.78 Å². The second-order valence-corrected chi connectivity index (χ2v) is 15.0. The number of aliphatic hydroxyl groups excluding tert-OH is 5. The molecule has 4 atom stereocenters. The summed E-state index contributed by atoms with van der Waals surface area (Å²) in [5, 5.41) is 50.0. The summed E-state index contributed by atoms with van der Waals surface area (Å²) in [7, 11) is 0. The Morgan fingerprint density at radius 3 is 2.51 bits per heavy atom. The summed E-state index contributed by atoms with van der Waals surface area (Å²) in [6, 6.07) is 16.4. The highest BCUT2D eigenvalue weighted by Crippen LogP contribution is 2.53. The lowest BCUT2D eigenvalue weighted by molar-refractivity contribution is -0.162. The lowest BCUT2D eigenvalue weighted by Gasteiger charge is -2.37. The average molecular weight is 723 g/mol. The molecule has 3 fully saturated rings. The summed E-state index contributed by atoms with van der Waals surface area (Å²) < 4.78 is 18.5. The minimum Gasteiger partial charge on any atom is -0.490 e. The molecule has 0 spiro atoms. The lowest BCUT2D eigenvalue weighted by Crippen LogP contribution is -2.55. The molecule has 2 heterocycles. The number of carbonyl (C=O) groups is 1. The SMILES string of the molecule is Cc1ccc(SCCCN(C(=O)[C@@H](O)[C@@H](O)[C@H](O)[C@@H](O)CO)C2CCOCC2)cc1COC1(c2cnccc2-c2ccccc2OC2CC2)CC1. The molecule has 1 amide bonds. The van der Waals surface area contributed by atoms with Crippen LogP contribution in [0.3, 0.4) is 0 Å². The van der Waals surface area contributed by atoms with Crippen LogP contribution in [0.2, 0.25) is 0 Å².